The summed E-state index contributed by atoms with van der Waals surface area (Å²) in [6, 6.07) is -1.12. The van der Waals surface area contributed by atoms with E-state index in [-0.39, 0.29) is 42.5 Å². The zero-order chi connectivity index (χ0) is 48.6. The molecule has 3 rings (SSSR count). The lowest BCUT2D eigenvalue weighted by Crippen LogP contribution is -2.60. The lowest BCUT2D eigenvalue weighted by molar-refractivity contribution is -0.265. The van der Waals surface area contributed by atoms with Crippen LogP contribution in [0.3, 0.4) is 0 Å². The molecule has 0 radical (unpaired) electrons. The Balaban J connectivity index is 1.50. The highest BCUT2D eigenvalue weighted by Crippen LogP contribution is 2.37. The average Bonchev–Trinajstić information content (AvgIpc) is 3.27. The zero-order valence-corrected chi connectivity index (χ0v) is 40.5. The van der Waals surface area contributed by atoms with Crippen LogP contribution >= 0.6 is 0 Å². The molecule has 2 aliphatic heterocycles. The van der Waals surface area contributed by atoms with Crippen molar-refractivity contribution < 1.29 is 63.3 Å². The quantitative estimate of drug-likeness (QED) is 0.0353. The normalized spacial score (nSPS) is 29.3. The monoisotopic (exact) mass is 914 g/mol. The second-order valence-electron chi connectivity index (χ2n) is 19.0. The third kappa shape index (κ3) is 16.0. The van der Waals surface area contributed by atoms with Gasteiger partial charge in [-0.1, -0.05) is 77.2 Å². The number of likely N-dealkylation sites (tertiary alicyclic amines) is 1. The van der Waals surface area contributed by atoms with E-state index in [1.807, 2.05) is 57.2 Å². The number of nitrogens with zero attached hydrogens (tertiary/aromatic N) is 1. The molecule has 1 aliphatic carbocycles. The van der Waals surface area contributed by atoms with E-state index in [9.17, 15) is 44.4 Å². The first-order valence-electron chi connectivity index (χ1n) is 23.6. The Labute approximate surface area is 387 Å². The maximum Gasteiger partial charge on any atom is 0.326 e. The van der Waals surface area contributed by atoms with Gasteiger partial charge in [0.15, 0.2) is 11.6 Å². The Morgan fingerprint density at radius 1 is 0.862 bits per heavy atom. The smallest absolute Gasteiger partial charge is 0.326 e. The summed E-state index contributed by atoms with van der Waals surface area (Å²) in [7, 11) is 4.58. The van der Waals surface area contributed by atoms with Crippen molar-refractivity contribution in [2.45, 2.75) is 168 Å². The summed E-state index contributed by atoms with van der Waals surface area (Å²) in [5, 5.41) is 42.6. The van der Waals surface area contributed by atoms with Gasteiger partial charge in [0.05, 0.1) is 24.4 Å². The number of methoxy groups -OCH3 is 3. The molecule has 14 atom stereocenters. The van der Waals surface area contributed by atoms with Gasteiger partial charge in [0.1, 0.15) is 18.2 Å². The van der Waals surface area contributed by atoms with Gasteiger partial charge < -0.3 is 44.3 Å². The average molecular weight is 914 g/mol. The first-order chi connectivity index (χ1) is 30.7. The van der Waals surface area contributed by atoms with E-state index in [1.54, 1.807) is 47.1 Å². The van der Waals surface area contributed by atoms with E-state index in [4.69, 9.17) is 18.9 Å². The molecule has 0 aromatic rings. The van der Waals surface area contributed by atoms with Gasteiger partial charge in [-0.25, -0.2) is 4.79 Å². The Hall–Kier alpha value is -3.63. The fourth-order valence-corrected chi connectivity index (χ4v) is 9.51. The molecule has 14 heteroatoms. The van der Waals surface area contributed by atoms with Gasteiger partial charge in [0.2, 0.25) is 5.79 Å². The third-order valence-corrected chi connectivity index (χ3v) is 13.7. The number of ketones is 3. The van der Waals surface area contributed by atoms with Crippen molar-refractivity contribution in [2.24, 2.45) is 35.5 Å². The van der Waals surface area contributed by atoms with Gasteiger partial charge in [-0.2, -0.15) is 0 Å². The van der Waals surface area contributed by atoms with Crippen LogP contribution in [0, 0.1) is 35.5 Å². The summed E-state index contributed by atoms with van der Waals surface area (Å²) in [6.45, 7) is 13.0. The van der Waals surface area contributed by atoms with Crippen molar-refractivity contribution in [3.63, 3.8) is 0 Å². The largest absolute Gasteiger partial charge is 0.480 e. The summed E-state index contributed by atoms with van der Waals surface area (Å²) < 4.78 is 22.6. The Kier molecular flexibility index (Phi) is 22.8. The number of aliphatic hydroxyl groups excluding tert-OH is 2. The van der Waals surface area contributed by atoms with Crippen molar-refractivity contribution in [3.8, 4) is 0 Å². The number of hydrogen-bond acceptors (Lipinski definition) is 12. The maximum absolute atomic E-state index is 13.5. The molecule has 1 amide bonds. The molecule has 65 heavy (non-hydrogen) atoms. The first kappa shape index (κ1) is 55.7. The highest BCUT2D eigenvalue weighted by Gasteiger charge is 2.52. The van der Waals surface area contributed by atoms with Crippen molar-refractivity contribution in [1.29, 1.82) is 0 Å². The molecule has 1 saturated carbocycles. The molecule has 2 saturated heterocycles. The number of ether oxygens (including phenoxy) is 4. The SMILES string of the molecule is CO[C@@H](C[C@@H]1CC[C@@H](C)[C@](O)(C(=O)C(=O)N2CCCC[C@H]2C(=O)O)O1)/C(C)=C/C=C/C=C/[C@@H](C)C[C@@H](C)C(=O)[C@H](OC)[C@H](O)/C(C)=C/[C@@H](C)C(=O)/C=C/[C@H](C)C[C@H]1CC[C@@H](OC)[C@H](O)C1. The zero-order valence-electron chi connectivity index (χ0n) is 40.5. The van der Waals surface area contributed by atoms with Crippen LogP contribution in [0.5, 0.6) is 0 Å². The van der Waals surface area contributed by atoms with Crippen molar-refractivity contribution in [2.75, 3.05) is 27.9 Å². The minimum atomic E-state index is -2.38. The van der Waals surface area contributed by atoms with E-state index >= 15 is 0 Å². The summed E-state index contributed by atoms with van der Waals surface area (Å²) in [4.78, 5) is 66.0. The fraction of sp³-hybridized carbons (Fsp3) is 0.706. The number of amides is 1. The number of aliphatic hydroxyl groups is 3. The number of carbonyl (C=O) groups is 5. The van der Waals surface area contributed by atoms with Gasteiger partial charge in [0.25, 0.3) is 11.7 Å². The summed E-state index contributed by atoms with van der Waals surface area (Å²) in [5.41, 5.74) is 1.34. The van der Waals surface area contributed by atoms with Gasteiger partial charge >= 0.3 is 5.97 Å². The number of hydrogen-bond donors (Lipinski definition) is 4. The van der Waals surface area contributed by atoms with E-state index in [2.05, 4.69) is 6.92 Å². The third-order valence-electron chi connectivity index (χ3n) is 13.7. The molecule has 3 aliphatic rings. The Bertz CT molecular complexity index is 1750. The van der Waals surface area contributed by atoms with Crippen LogP contribution in [0.25, 0.3) is 0 Å². The van der Waals surface area contributed by atoms with Crippen molar-refractivity contribution in [1.82, 2.24) is 4.90 Å². The Morgan fingerprint density at radius 3 is 2.20 bits per heavy atom. The molecule has 4 N–H and O–H groups in total. The van der Waals surface area contributed by atoms with Crippen LogP contribution in [0.4, 0.5) is 0 Å². The van der Waals surface area contributed by atoms with E-state index in [1.165, 1.54) is 7.11 Å². The van der Waals surface area contributed by atoms with E-state index in [0.717, 1.165) is 29.7 Å². The summed E-state index contributed by atoms with van der Waals surface area (Å²) in [5.74, 6) is -7.14. The standard InChI is InChI=1S/C51H79NO13/c1-31(26-35(5)45(55)47(64-10)46(56)36(6)28-34(4)41(53)23-19-32(2)27-38-21-24-43(62-8)42(54)29-38)16-12-11-13-17-33(3)44(63-9)30-39-22-20-37(7)51(61,65-39)48(57)49(58)52-25-15-14-18-40(52)50(59)60/h11-13,16-17,19,23,28,31-32,34-35,37-40,42-44,46-47,54,56,61H,14-15,18,20-22,24-27,29-30H2,1-10H3,(H,59,60)/b13-11+,16-12+,23-19+,33-17+,36-28+/t31-,32+,34-,35-,37-,38-,39+,40+,42-,43-,44+,46-,47+,51-/m1/s1. The number of carboxylic acid groups (broad SMARTS) is 1. The van der Waals surface area contributed by atoms with E-state index < -0.39 is 77.8 Å². The molecule has 2 heterocycles. The van der Waals surface area contributed by atoms with Crippen molar-refractivity contribution in [3.05, 3.63) is 59.8 Å². The summed E-state index contributed by atoms with van der Waals surface area (Å²) in [6.07, 6.45) is 17.3. The van der Waals surface area contributed by atoms with Crippen LogP contribution in [0.15, 0.2) is 59.8 Å². The molecule has 0 unspecified atom stereocenters. The van der Waals surface area contributed by atoms with Crippen LogP contribution in [-0.4, -0.2) is 131 Å². The van der Waals surface area contributed by atoms with E-state index in [0.29, 0.717) is 56.4 Å². The van der Waals surface area contributed by atoms with Crippen LogP contribution in [0.1, 0.15) is 119 Å². The minimum Gasteiger partial charge on any atom is -0.480 e. The molecule has 3 fully saturated rings. The molecule has 14 nitrogen and oxygen atoms in total. The van der Waals surface area contributed by atoms with Gasteiger partial charge in [0, 0.05) is 52.0 Å². The minimum absolute atomic E-state index is 0.0167. The highest BCUT2D eigenvalue weighted by molar-refractivity contribution is 6.39. The van der Waals surface area contributed by atoms with Gasteiger partial charge in [-0.05, 0) is 113 Å². The number of rotatable bonds is 24. The second kappa shape index (κ2) is 26.6. The predicted octanol–water partition coefficient (Wildman–Crippen LogP) is 6.51. The number of carboxylic acids is 1. The van der Waals surface area contributed by atoms with Crippen LogP contribution < -0.4 is 0 Å². The van der Waals surface area contributed by atoms with Crippen LogP contribution in [0.2, 0.25) is 0 Å². The number of allylic oxidation sites excluding steroid dienone is 8. The molecule has 0 bridgehead atoms. The molecular formula is C51H79NO13. The number of carbonyl (C=O) groups excluding carboxylic acids is 4. The van der Waals surface area contributed by atoms with Gasteiger partial charge in [-0.15, -0.1) is 0 Å². The van der Waals surface area contributed by atoms with Crippen LogP contribution in [-0.2, 0) is 42.9 Å². The highest BCUT2D eigenvalue weighted by atomic mass is 16.6. The molecule has 366 valence electrons. The fourth-order valence-electron chi connectivity index (χ4n) is 9.51. The number of Topliss-reactive ketones (excluding diaryl/α,β-unsaturated/α-hetero) is 2. The van der Waals surface area contributed by atoms with Gasteiger partial charge in [-0.3, -0.25) is 19.2 Å². The molecule has 0 spiro atoms. The number of aliphatic carboxylic acids is 1. The predicted molar refractivity (Wildman–Crippen MR) is 247 cm³/mol. The molecule has 0 aromatic carbocycles. The topological polar surface area (TPSA) is 206 Å². The van der Waals surface area contributed by atoms with Crippen molar-refractivity contribution >= 4 is 29.2 Å². The molecular weight excluding hydrogens is 835 g/mol. The first-order valence-corrected chi connectivity index (χ1v) is 23.6. The molecule has 0 aromatic heterocycles. The lowest BCUT2D eigenvalue weighted by Gasteiger charge is -2.42. The second-order valence-corrected chi connectivity index (χ2v) is 19.0. The summed E-state index contributed by atoms with van der Waals surface area (Å²) >= 11 is 0. The Morgan fingerprint density at radius 2 is 1.57 bits per heavy atom. The maximum atomic E-state index is 13.5. The number of piperidine rings is 1. The lowest BCUT2D eigenvalue weighted by atomic mass is 9.80.